The van der Waals surface area contributed by atoms with Gasteiger partial charge < -0.3 is 15.1 Å². The second kappa shape index (κ2) is 6.13. The van der Waals surface area contributed by atoms with E-state index in [-0.39, 0.29) is 6.61 Å². The first-order valence-corrected chi connectivity index (χ1v) is 7.19. The van der Waals surface area contributed by atoms with Crippen LogP contribution >= 0.6 is 0 Å². The summed E-state index contributed by atoms with van der Waals surface area (Å²) in [7, 11) is 0. The maximum Gasteiger partial charge on any atom is 0.142 e. The smallest absolute Gasteiger partial charge is 0.142 e. The van der Waals surface area contributed by atoms with Crippen LogP contribution in [0.3, 0.4) is 0 Å². The molecule has 1 aliphatic heterocycles. The third kappa shape index (κ3) is 2.79. The van der Waals surface area contributed by atoms with Crippen LogP contribution in [0.2, 0.25) is 0 Å². The molecule has 1 atom stereocenters. The van der Waals surface area contributed by atoms with Crippen LogP contribution in [0, 0.1) is 11.3 Å². The third-order valence-electron chi connectivity index (χ3n) is 3.72. The van der Waals surface area contributed by atoms with Gasteiger partial charge in [0.2, 0.25) is 0 Å². The second-order valence-corrected chi connectivity index (χ2v) is 5.25. The van der Waals surface area contributed by atoms with Crippen LogP contribution in [0.5, 0.6) is 0 Å². The Morgan fingerprint density at radius 2 is 2.23 bits per heavy atom. The number of aliphatic hydroxyl groups is 2. The molecular formula is C15H17N5O2. The van der Waals surface area contributed by atoms with Crippen molar-refractivity contribution in [2.75, 3.05) is 18.1 Å². The van der Waals surface area contributed by atoms with Gasteiger partial charge in [0.25, 0.3) is 0 Å². The van der Waals surface area contributed by atoms with E-state index in [0.717, 1.165) is 31.0 Å². The fourth-order valence-electron chi connectivity index (χ4n) is 2.60. The lowest BCUT2D eigenvalue weighted by atomic mass is 10.2. The summed E-state index contributed by atoms with van der Waals surface area (Å²) in [4.78, 5) is 6.43. The average molecular weight is 299 g/mol. The van der Waals surface area contributed by atoms with Gasteiger partial charge in [-0.2, -0.15) is 10.4 Å². The van der Waals surface area contributed by atoms with Gasteiger partial charge >= 0.3 is 0 Å². The van der Waals surface area contributed by atoms with Crippen LogP contribution in [0.15, 0.2) is 24.3 Å². The van der Waals surface area contributed by atoms with E-state index in [2.05, 4.69) is 21.1 Å². The van der Waals surface area contributed by atoms with Gasteiger partial charge in [-0.25, -0.2) is 4.98 Å². The van der Waals surface area contributed by atoms with Crippen LogP contribution in [-0.4, -0.2) is 38.1 Å². The van der Waals surface area contributed by atoms with E-state index in [0.29, 0.717) is 17.9 Å². The number of nitriles is 1. The Labute approximate surface area is 128 Å². The quantitative estimate of drug-likeness (QED) is 0.860. The van der Waals surface area contributed by atoms with E-state index in [1.807, 2.05) is 22.9 Å². The number of nitrogens with zero attached hydrogens (tertiary/aromatic N) is 5. The van der Waals surface area contributed by atoms with Gasteiger partial charge in [0.1, 0.15) is 23.7 Å². The molecule has 0 radical (unpaired) electrons. The largest absolute Gasteiger partial charge is 0.393 e. The van der Waals surface area contributed by atoms with Crippen molar-refractivity contribution in [1.82, 2.24) is 14.8 Å². The topological polar surface area (TPSA) is 98.2 Å². The van der Waals surface area contributed by atoms with Crippen LogP contribution < -0.4 is 4.90 Å². The van der Waals surface area contributed by atoms with Crippen molar-refractivity contribution < 1.29 is 10.2 Å². The van der Waals surface area contributed by atoms with Gasteiger partial charge in [0.15, 0.2) is 0 Å². The van der Waals surface area contributed by atoms with Gasteiger partial charge in [-0.05, 0) is 24.6 Å². The van der Waals surface area contributed by atoms with Crippen LogP contribution in [0.4, 0.5) is 5.82 Å². The van der Waals surface area contributed by atoms with Crippen molar-refractivity contribution >= 4 is 5.82 Å². The van der Waals surface area contributed by atoms with Gasteiger partial charge in [0.05, 0.1) is 24.5 Å². The standard InChI is InChI=1S/C15H17N5O2/c16-8-11-3-1-4-15(17-11)19-5-2-6-20-12(9-19)7-13(18-20)14(22)10-21/h1,3-4,7,14,21-22H,2,5-6,9-10H2. The summed E-state index contributed by atoms with van der Waals surface area (Å²) in [6, 6.07) is 9.26. The number of hydrogen-bond acceptors (Lipinski definition) is 6. The van der Waals surface area contributed by atoms with Crippen LogP contribution in [0.25, 0.3) is 0 Å². The molecule has 0 spiro atoms. The minimum atomic E-state index is -0.951. The highest BCUT2D eigenvalue weighted by Crippen LogP contribution is 2.21. The Morgan fingerprint density at radius 3 is 3.00 bits per heavy atom. The molecule has 7 nitrogen and oxygen atoms in total. The Kier molecular flexibility index (Phi) is 4.04. The molecule has 114 valence electrons. The molecule has 3 heterocycles. The minimum Gasteiger partial charge on any atom is -0.393 e. The summed E-state index contributed by atoms with van der Waals surface area (Å²) in [5.74, 6) is 0.762. The van der Waals surface area contributed by atoms with Crippen LogP contribution in [-0.2, 0) is 13.1 Å². The second-order valence-electron chi connectivity index (χ2n) is 5.25. The van der Waals surface area contributed by atoms with Crippen molar-refractivity contribution in [3.05, 3.63) is 41.3 Å². The molecule has 7 heteroatoms. The Hall–Kier alpha value is -2.43. The predicted molar refractivity (Wildman–Crippen MR) is 78.9 cm³/mol. The summed E-state index contributed by atoms with van der Waals surface area (Å²) in [6.07, 6.45) is -0.0603. The fourth-order valence-corrected chi connectivity index (χ4v) is 2.60. The zero-order chi connectivity index (χ0) is 15.5. The Morgan fingerprint density at radius 1 is 1.36 bits per heavy atom. The molecule has 0 aromatic carbocycles. The summed E-state index contributed by atoms with van der Waals surface area (Å²) in [6.45, 7) is 1.84. The van der Waals surface area contributed by atoms with Gasteiger partial charge in [-0.1, -0.05) is 6.07 Å². The minimum absolute atomic E-state index is 0.341. The molecule has 0 fully saturated rings. The van der Waals surface area contributed by atoms with E-state index in [4.69, 9.17) is 10.4 Å². The van der Waals surface area contributed by atoms with E-state index in [9.17, 15) is 5.11 Å². The normalized spacial score (nSPS) is 15.8. The lowest BCUT2D eigenvalue weighted by Gasteiger charge is -2.21. The zero-order valence-electron chi connectivity index (χ0n) is 12.1. The predicted octanol–water partition coefficient (Wildman–Crippen LogP) is 0.586. The Balaban J connectivity index is 1.87. The highest BCUT2D eigenvalue weighted by molar-refractivity contribution is 5.42. The number of aryl methyl sites for hydroxylation is 1. The molecule has 1 aliphatic rings. The molecular weight excluding hydrogens is 282 g/mol. The van der Waals surface area contributed by atoms with Crippen molar-refractivity contribution in [2.24, 2.45) is 0 Å². The number of pyridine rings is 1. The van der Waals surface area contributed by atoms with E-state index in [1.54, 1.807) is 6.07 Å². The van der Waals surface area contributed by atoms with Crippen molar-refractivity contribution in [3.63, 3.8) is 0 Å². The van der Waals surface area contributed by atoms with Gasteiger partial charge in [-0.15, -0.1) is 0 Å². The molecule has 3 rings (SSSR count). The van der Waals surface area contributed by atoms with Gasteiger partial charge in [-0.3, -0.25) is 4.68 Å². The molecule has 0 bridgehead atoms. The first-order valence-electron chi connectivity index (χ1n) is 7.19. The molecule has 0 amide bonds. The van der Waals surface area contributed by atoms with Gasteiger partial charge in [0, 0.05) is 13.1 Å². The number of fused-ring (bicyclic) bond motifs is 1. The highest BCUT2D eigenvalue weighted by atomic mass is 16.3. The van der Waals surface area contributed by atoms with Crippen LogP contribution in [0.1, 0.15) is 29.6 Å². The lowest BCUT2D eigenvalue weighted by Crippen LogP contribution is -2.23. The van der Waals surface area contributed by atoms with E-state index < -0.39 is 6.10 Å². The fraction of sp³-hybridized carbons (Fsp3) is 0.400. The number of aromatic nitrogens is 3. The number of anilines is 1. The number of hydrogen-bond donors (Lipinski definition) is 2. The number of aliphatic hydroxyl groups excluding tert-OH is 2. The third-order valence-corrected chi connectivity index (χ3v) is 3.72. The summed E-state index contributed by atoms with van der Waals surface area (Å²) < 4.78 is 1.86. The van der Waals surface area contributed by atoms with E-state index in [1.165, 1.54) is 0 Å². The SMILES string of the molecule is N#Cc1cccc(N2CCCn3nc(C(O)CO)cc3C2)n1. The van der Waals surface area contributed by atoms with E-state index >= 15 is 0 Å². The van der Waals surface area contributed by atoms with Crippen molar-refractivity contribution in [1.29, 1.82) is 5.26 Å². The molecule has 1 unspecified atom stereocenters. The summed E-state index contributed by atoms with van der Waals surface area (Å²) in [5.41, 5.74) is 1.84. The number of rotatable bonds is 3. The summed E-state index contributed by atoms with van der Waals surface area (Å²) in [5, 5.41) is 32.1. The molecule has 22 heavy (non-hydrogen) atoms. The molecule has 0 aliphatic carbocycles. The molecule has 2 aromatic rings. The maximum absolute atomic E-state index is 9.71. The first-order chi connectivity index (χ1) is 10.7. The highest BCUT2D eigenvalue weighted by Gasteiger charge is 2.20. The Bertz CT molecular complexity index is 706. The zero-order valence-corrected chi connectivity index (χ0v) is 12.1. The maximum atomic E-state index is 9.71. The molecule has 2 N–H and O–H groups in total. The summed E-state index contributed by atoms with van der Waals surface area (Å²) >= 11 is 0. The first kappa shape index (κ1) is 14.5. The molecule has 0 saturated heterocycles. The molecule has 2 aromatic heterocycles. The molecule has 0 saturated carbocycles. The lowest BCUT2D eigenvalue weighted by molar-refractivity contribution is 0.0916. The van der Waals surface area contributed by atoms with Crippen molar-refractivity contribution in [3.8, 4) is 6.07 Å². The average Bonchev–Trinajstić information content (AvgIpc) is 2.86. The monoisotopic (exact) mass is 299 g/mol. The van der Waals surface area contributed by atoms with Crippen molar-refractivity contribution in [2.45, 2.75) is 25.6 Å².